The number of nitrogens with zero attached hydrogens (tertiary/aromatic N) is 2. The Hall–Kier alpha value is -3.74. The first-order valence-corrected chi connectivity index (χ1v) is 13.6. The van der Waals surface area contributed by atoms with Crippen molar-refractivity contribution in [3.05, 3.63) is 84.2 Å². The molecule has 39 heavy (non-hydrogen) atoms. The van der Waals surface area contributed by atoms with Crippen molar-refractivity contribution in [2.45, 2.75) is 37.0 Å². The van der Waals surface area contributed by atoms with Gasteiger partial charge in [0.05, 0.1) is 4.90 Å². The van der Waals surface area contributed by atoms with E-state index in [1.54, 1.807) is 22.6 Å². The van der Waals surface area contributed by atoms with E-state index in [-0.39, 0.29) is 0 Å². The summed E-state index contributed by atoms with van der Waals surface area (Å²) < 4.78 is 58.9. The van der Waals surface area contributed by atoms with Crippen molar-refractivity contribution in [2.24, 2.45) is 0 Å². The first kappa shape index (κ1) is 28.3. The molecule has 4 aromatic rings. The number of carbonyl (C=O) groups is 1. The Morgan fingerprint density at radius 1 is 1.00 bits per heavy atom. The molecule has 206 valence electrons. The topological polar surface area (TPSA) is 115 Å². The third-order valence-electron chi connectivity index (χ3n) is 6.19. The summed E-state index contributed by atoms with van der Waals surface area (Å²) in [6.45, 7) is 2.72. The van der Waals surface area contributed by atoms with Gasteiger partial charge in [0.25, 0.3) is 0 Å². The van der Waals surface area contributed by atoms with E-state index in [4.69, 9.17) is 9.90 Å². The molecule has 0 atom stereocenters. The highest BCUT2D eigenvalue weighted by Crippen LogP contribution is 2.30. The maximum atomic E-state index is 12.8. The van der Waals surface area contributed by atoms with Gasteiger partial charge in [-0.2, -0.15) is 17.5 Å². The van der Waals surface area contributed by atoms with Gasteiger partial charge in [0.2, 0.25) is 10.0 Å². The third-order valence-corrected chi connectivity index (χ3v) is 8.10. The number of halogens is 3. The van der Waals surface area contributed by atoms with Crippen molar-refractivity contribution in [3.8, 4) is 11.1 Å². The van der Waals surface area contributed by atoms with Crippen LogP contribution in [-0.2, 0) is 27.9 Å². The van der Waals surface area contributed by atoms with Crippen molar-refractivity contribution in [1.29, 1.82) is 0 Å². The first-order valence-electron chi connectivity index (χ1n) is 12.2. The second-order valence-corrected chi connectivity index (χ2v) is 10.9. The molecule has 1 fully saturated rings. The van der Waals surface area contributed by atoms with Gasteiger partial charge in [-0.05, 0) is 53.8 Å². The number of benzene rings is 2. The molecule has 1 saturated heterocycles. The largest absolute Gasteiger partial charge is 0.490 e. The molecule has 0 saturated carbocycles. The van der Waals surface area contributed by atoms with Gasteiger partial charge in [-0.15, -0.1) is 0 Å². The van der Waals surface area contributed by atoms with E-state index < -0.39 is 22.2 Å². The lowest BCUT2D eigenvalue weighted by atomic mass is 10.0. The number of carboxylic acid groups (broad SMARTS) is 1. The van der Waals surface area contributed by atoms with E-state index in [2.05, 4.69) is 33.5 Å². The van der Waals surface area contributed by atoms with Crippen molar-refractivity contribution >= 4 is 27.0 Å². The first-order chi connectivity index (χ1) is 18.6. The molecule has 3 N–H and O–H groups in total. The molecule has 0 aliphatic carbocycles. The highest BCUT2D eigenvalue weighted by molar-refractivity contribution is 7.89. The van der Waals surface area contributed by atoms with E-state index >= 15 is 0 Å². The predicted molar refractivity (Wildman–Crippen MR) is 140 cm³/mol. The molecule has 0 spiro atoms. The zero-order chi connectivity index (χ0) is 28.0. The van der Waals surface area contributed by atoms with Gasteiger partial charge in [0, 0.05) is 43.5 Å². The summed E-state index contributed by atoms with van der Waals surface area (Å²) >= 11 is 0. The van der Waals surface area contributed by atoms with Gasteiger partial charge < -0.3 is 15.4 Å². The van der Waals surface area contributed by atoms with Crippen LogP contribution >= 0.6 is 0 Å². The molecule has 12 heteroatoms. The van der Waals surface area contributed by atoms with Crippen molar-refractivity contribution in [2.75, 3.05) is 13.1 Å². The summed E-state index contributed by atoms with van der Waals surface area (Å²) in [4.78, 5) is 17.1. The van der Waals surface area contributed by atoms with Crippen LogP contribution < -0.4 is 5.32 Å². The van der Waals surface area contributed by atoms with Crippen LogP contribution in [0.15, 0.2) is 77.8 Å². The summed E-state index contributed by atoms with van der Waals surface area (Å²) in [5.74, 6) is -2.76. The number of sulfonamides is 1. The van der Waals surface area contributed by atoms with Crippen molar-refractivity contribution in [1.82, 2.24) is 19.6 Å². The maximum Gasteiger partial charge on any atom is 0.490 e. The number of pyridine rings is 1. The third kappa shape index (κ3) is 7.02. The van der Waals surface area contributed by atoms with E-state index in [1.807, 2.05) is 36.4 Å². The molecular formula is C27H27F3N4O4S. The van der Waals surface area contributed by atoms with Crippen molar-refractivity contribution in [3.63, 3.8) is 0 Å². The van der Waals surface area contributed by atoms with Crippen LogP contribution in [0, 0.1) is 0 Å². The number of hydrogen-bond donors (Lipinski definition) is 3. The van der Waals surface area contributed by atoms with Crippen LogP contribution in [-0.4, -0.2) is 53.0 Å². The van der Waals surface area contributed by atoms with Gasteiger partial charge in [-0.25, -0.2) is 18.2 Å². The Bertz CT molecular complexity index is 1520. The summed E-state index contributed by atoms with van der Waals surface area (Å²) in [5, 5.41) is 11.6. The van der Waals surface area contributed by atoms with Crippen LogP contribution in [0.3, 0.4) is 0 Å². The lowest BCUT2D eigenvalue weighted by Crippen LogP contribution is -2.27. The molecule has 1 aliphatic rings. The number of hydrogen-bond acceptors (Lipinski definition) is 5. The highest BCUT2D eigenvalue weighted by Gasteiger charge is 2.38. The van der Waals surface area contributed by atoms with Crippen molar-refractivity contribution < 1.29 is 31.5 Å². The molecule has 5 rings (SSSR count). The molecule has 3 heterocycles. The zero-order valence-corrected chi connectivity index (χ0v) is 21.6. The standard InChI is InChI=1S/C25H26N4O2S.C2HF3O2/c30-32(31,29-14-4-5-15-29)22-10-8-20(9-11-22)23-12-13-27-25-24(23)16-21(28-25)18-26-17-19-6-2-1-3-7-19;3-2(4,5)1(6)7/h1-3,6-13,16,26H,4-5,14-15,17-18H2,(H,27,28);(H,6,7). The lowest BCUT2D eigenvalue weighted by molar-refractivity contribution is -0.192. The Morgan fingerprint density at radius 3 is 2.26 bits per heavy atom. The average Bonchev–Trinajstić information content (AvgIpc) is 3.60. The fourth-order valence-corrected chi connectivity index (χ4v) is 5.77. The monoisotopic (exact) mass is 560 g/mol. The number of nitrogens with one attached hydrogen (secondary N) is 2. The molecule has 1 aliphatic heterocycles. The van der Waals surface area contributed by atoms with Crippen LogP contribution in [0.25, 0.3) is 22.2 Å². The molecule has 8 nitrogen and oxygen atoms in total. The minimum Gasteiger partial charge on any atom is -0.475 e. The predicted octanol–water partition coefficient (Wildman–Crippen LogP) is 4.94. The number of H-pyrrole nitrogens is 1. The highest BCUT2D eigenvalue weighted by atomic mass is 32.2. The van der Waals surface area contributed by atoms with E-state index in [0.717, 1.165) is 47.2 Å². The second kappa shape index (κ2) is 12.0. The summed E-state index contributed by atoms with van der Waals surface area (Å²) in [7, 11) is -3.40. The van der Waals surface area contributed by atoms with Gasteiger partial charge >= 0.3 is 12.1 Å². The zero-order valence-electron chi connectivity index (χ0n) is 20.8. The molecule has 0 radical (unpaired) electrons. The molecule has 2 aromatic carbocycles. The number of carboxylic acids is 1. The number of rotatable bonds is 7. The Balaban J connectivity index is 0.000000448. The number of fused-ring (bicyclic) bond motifs is 1. The molecule has 0 amide bonds. The van der Waals surface area contributed by atoms with Gasteiger partial charge in [0.1, 0.15) is 5.65 Å². The molecule has 0 bridgehead atoms. The fraction of sp³-hybridized carbons (Fsp3) is 0.259. The quantitative estimate of drug-likeness (QED) is 0.295. The van der Waals surface area contributed by atoms with Gasteiger partial charge in [-0.1, -0.05) is 42.5 Å². The second-order valence-electron chi connectivity index (χ2n) is 8.94. The normalized spacial score (nSPS) is 14.2. The van der Waals surface area contributed by atoms with Crippen LogP contribution in [0.4, 0.5) is 13.2 Å². The molecule has 0 unspecified atom stereocenters. The van der Waals surface area contributed by atoms with E-state index in [1.165, 1.54) is 5.56 Å². The minimum absolute atomic E-state index is 0.355. The fourth-order valence-electron chi connectivity index (χ4n) is 4.25. The summed E-state index contributed by atoms with van der Waals surface area (Å²) in [5.41, 5.74) is 5.13. The SMILES string of the molecule is O=C(O)C(F)(F)F.O=S(=O)(c1ccc(-c2ccnc3[nH]c(CNCc4ccccc4)cc23)cc1)N1CCCC1. The molecular weight excluding hydrogens is 533 g/mol. The maximum absolute atomic E-state index is 12.8. The lowest BCUT2D eigenvalue weighted by Gasteiger charge is -2.15. The van der Waals surface area contributed by atoms with Gasteiger partial charge in [0.15, 0.2) is 0 Å². The average molecular weight is 561 g/mol. The smallest absolute Gasteiger partial charge is 0.475 e. The number of alkyl halides is 3. The Labute approximate surface area is 223 Å². The number of aromatic nitrogens is 2. The van der Waals surface area contributed by atoms with E-state index in [9.17, 15) is 21.6 Å². The number of aromatic amines is 1. The van der Waals surface area contributed by atoms with Crippen LogP contribution in [0.5, 0.6) is 0 Å². The Morgan fingerprint density at radius 2 is 1.64 bits per heavy atom. The van der Waals surface area contributed by atoms with Gasteiger partial charge in [-0.3, -0.25) is 0 Å². The van der Waals surface area contributed by atoms with Crippen LogP contribution in [0.2, 0.25) is 0 Å². The van der Waals surface area contributed by atoms with E-state index in [0.29, 0.717) is 24.5 Å². The molecule has 2 aromatic heterocycles. The summed E-state index contributed by atoms with van der Waals surface area (Å²) in [6.07, 6.45) is -1.44. The number of aliphatic carboxylic acids is 1. The minimum atomic E-state index is -5.08. The van der Waals surface area contributed by atoms with Crippen LogP contribution in [0.1, 0.15) is 24.1 Å². The Kier molecular flexibility index (Phi) is 8.68. The summed E-state index contributed by atoms with van der Waals surface area (Å²) in [6, 6.07) is 21.6.